The molecule has 0 spiro atoms. The van der Waals surface area contributed by atoms with Crippen LogP contribution in [0.25, 0.3) is 0 Å². The molecule has 0 saturated heterocycles. The summed E-state index contributed by atoms with van der Waals surface area (Å²) in [5, 5.41) is 5.74. The molecule has 1 amide bonds. The van der Waals surface area contributed by atoms with E-state index in [4.69, 9.17) is 4.74 Å². The van der Waals surface area contributed by atoms with E-state index in [-0.39, 0.29) is 11.7 Å². The summed E-state index contributed by atoms with van der Waals surface area (Å²) in [6.45, 7) is 4.09. The van der Waals surface area contributed by atoms with Gasteiger partial charge in [0.25, 0.3) is 5.91 Å². The van der Waals surface area contributed by atoms with Gasteiger partial charge in [0.15, 0.2) is 0 Å². The largest absolute Gasteiger partial charge is 0.487 e. The molecule has 2 aromatic carbocycles. The zero-order valence-corrected chi connectivity index (χ0v) is 14.7. The highest BCUT2D eigenvalue weighted by atomic mass is 32.1. The van der Waals surface area contributed by atoms with Gasteiger partial charge in [-0.2, -0.15) is 0 Å². The van der Waals surface area contributed by atoms with E-state index in [0.29, 0.717) is 29.2 Å². The van der Waals surface area contributed by atoms with E-state index in [1.807, 2.05) is 12.3 Å². The third-order valence-corrected chi connectivity index (χ3v) is 4.43. The zero-order valence-electron chi connectivity index (χ0n) is 13.9. The van der Waals surface area contributed by atoms with Gasteiger partial charge in [0.2, 0.25) is 0 Å². The van der Waals surface area contributed by atoms with E-state index in [1.54, 1.807) is 48.6 Å². The maximum Gasteiger partial charge on any atom is 0.255 e. The standard InChI is InChI=1S/C19H17FN2O2S/c1-12-9-15(20)5-8-18(12)22-19(23)14-3-6-17(7-4-14)24-10-16-11-25-13(2)21-16/h3-9,11H,10H2,1-2H3,(H,22,23). The van der Waals surface area contributed by atoms with Crippen LogP contribution in [0.5, 0.6) is 5.75 Å². The number of halogens is 1. The first-order valence-electron chi connectivity index (χ1n) is 7.72. The van der Waals surface area contributed by atoms with Crippen molar-refractivity contribution in [2.75, 3.05) is 5.32 Å². The van der Waals surface area contributed by atoms with Crippen molar-refractivity contribution < 1.29 is 13.9 Å². The van der Waals surface area contributed by atoms with E-state index in [0.717, 1.165) is 10.7 Å². The number of amides is 1. The highest BCUT2D eigenvalue weighted by Crippen LogP contribution is 2.19. The Morgan fingerprint density at radius 3 is 2.60 bits per heavy atom. The number of thiazole rings is 1. The number of nitrogens with zero attached hydrogens (tertiary/aromatic N) is 1. The monoisotopic (exact) mass is 356 g/mol. The maximum atomic E-state index is 13.1. The predicted octanol–water partition coefficient (Wildman–Crippen LogP) is 4.73. The summed E-state index contributed by atoms with van der Waals surface area (Å²) < 4.78 is 18.8. The number of aromatic nitrogens is 1. The second-order valence-corrected chi connectivity index (χ2v) is 6.65. The first kappa shape index (κ1) is 17.1. The molecule has 1 N–H and O–H groups in total. The second-order valence-electron chi connectivity index (χ2n) is 5.58. The molecule has 0 unspecified atom stereocenters. The van der Waals surface area contributed by atoms with Gasteiger partial charge in [-0.1, -0.05) is 0 Å². The van der Waals surface area contributed by atoms with Crippen LogP contribution in [0.15, 0.2) is 47.8 Å². The summed E-state index contributed by atoms with van der Waals surface area (Å²) in [5.41, 5.74) is 2.65. The number of hydrogen-bond acceptors (Lipinski definition) is 4. The zero-order chi connectivity index (χ0) is 17.8. The number of anilines is 1. The lowest BCUT2D eigenvalue weighted by Gasteiger charge is -2.09. The topological polar surface area (TPSA) is 51.2 Å². The molecule has 3 rings (SSSR count). The van der Waals surface area contributed by atoms with Crippen LogP contribution in [0.1, 0.15) is 26.6 Å². The molecule has 0 aliphatic heterocycles. The number of carbonyl (C=O) groups excluding carboxylic acids is 1. The van der Waals surface area contributed by atoms with Gasteiger partial charge in [-0.15, -0.1) is 11.3 Å². The Balaban J connectivity index is 1.62. The quantitative estimate of drug-likeness (QED) is 0.719. The van der Waals surface area contributed by atoms with Crippen LogP contribution in [0.4, 0.5) is 10.1 Å². The molecule has 3 aromatic rings. The smallest absolute Gasteiger partial charge is 0.255 e. The summed E-state index contributed by atoms with van der Waals surface area (Å²) in [6, 6.07) is 11.1. The van der Waals surface area contributed by atoms with Gasteiger partial charge in [0.1, 0.15) is 18.2 Å². The minimum absolute atomic E-state index is 0.253. The van der Waals surface area contributed by atoms with Crippen LogP contribution in [0.3, 0.4) is 0 Å². The number of benzene rings is 2. The summed E-state index contributed by atoms with van der Waals surface area (Å²) >= 11 is 1.58. The van der Waals surface area contributed by atoms with E-state index >= 15 is 0 Å². The average Bonchev–Trinajstić information content (AvgIpc) is 3.01. The molecule has 0 aliphatic carbocycles. The van der Waals surface area contributed by atoms with Gasteiger partial charge in [-0.05, 0) is 61.9 Å². The number of carbonyl (C=O) groups is 1. The van der Waals surface area contributed by atoms with E-state index in [2.05, 4.69) is 10.3 Å². The fourth-order valence-electron chi connectivity index (χ4n) is 2.30. The SMILES string of the molecule is Cc1nc(COc2ccc(C(=O)Nc3ccc(F)cc3C)cc2)cs1. The Bertz CT molecular complexity index is 891. The van der Waals surface area contributed by atoms with Gasteiger partial charge in [-0.25, -0.2) is 9.37 Å². The van der Waals surface area contributed by atoms with E-state index in [9.17, 15) is 9.18 Å². The lowest BCUT2D eigenvalue weighted by atomic mass is 10.1. The van der Waals surface area contributed by atoms with E-state index in [1.165, 1.54) is 12.1 Å². The fraction of sp³-hybridized carbons (Fsp3) is 0.158. The molecule has 1 aromatic heterocycles. The molecular formula is C19H17FN2O2S. The molecule has 25 heavy (non-hydrogen) atoms. The molecule has 6 heteroatoms. The second kappa shape index (κ2) is 7.44. The van der Waals surface area contributed by atoms with Crippen LogP contribution in [0, 0.1) is 19.7 Å². The van der Waals surface area contributed by atoms with Gasteiger partial charge < -0.3 is 10.1 Å². The third-order valence-electron chi connectivity index (χ3n) is 3.61. The van der Waals surface area contributed by atoms with Crippen LogP contribution >= 0.6 is 11.3 Å². The number of hydrogen-bond donors (Lipinski definition) is 1. The van der Waals surface area contributed by atoms with Crippen molar-refractivity contribution in [3.8, 4) is 5.75 Å². The summed E-state index contributed by atoms with van der Waals surface area (Å²) in [4.78, 5) is 16.6. The lowest BCUT2D eigenvalue weighted by Crippen LogP contribution is -2.12. The molecule has 0 radical (unpaired) electrons. The van der Waals surface area contributed by atoms with Crippen LogP contribution in [-0.2, 0) is 6.61 Å². The summed E-state index contributed by atoms with van der Waals surface area (Å²) in [7, 11) is 0. The third kappa shape index (κ3) is 4.42. The summed E-state index contributed by atoms with van der Waals surface area (Å²) in [5.74, 6) is 0.0869. The Labute approximate surface area is 149 Å². The Morgan fingerprint density at radius 2 is 1.96 bits per heavy atom. The van der Waals surface area contributed by atoms with Crippen molar-refractivity contribution in [3.63, 3.8) is 0 Å². The molecule has 0 fully saturated rings. The molecule has 1 heterocycles. The molecule has 0 saturated carbocycles. The van der Waals surface area contributed by atoms with Crippen LogP contribution in [-0.4, -0.2) is 10.9 Å². The Morgan fingerprint density at radius 1 is 1.20 bits per heavy atom. The molecule has 0 atom stereocenters. The number of rotatable bonds is 5. The first-order valence-corrected chi connectivity index (χ1v) is 8.60. The van der Waals surface area contributed by atoms with Crippen LogP contribution < -0.4 is 10.1 Å². The predicted molar refractivity (Wildman–Crippen MR) is 96.7 cm³/mol. The number of nitrogens with one attached hydrogen (secondary N) is 1. The Kier molecular flexibility index (Phi) is 5.09. The van der Waals surface area contributed by atoms with Gasteiger partial charge in [-0.3, -0.25) is 4.79 Å². The van der Waals surface area contributed by atoms with Crippen molar-refractivity contribution >= 4 is 22.9 Å². The van der Waals surface area contributed by atoms with Crippen LogP contribution in [0.2, 0.25) is 0 Å². The number of ether oxygens (including phenoxy) is 1. The fourth-order valence-corrected chi connectivity index (χ4v) is 2.89. The van der Waals surface area contributed by atoms with Crippen molar-refractivity contribution in [1.82, 2.24) is 4.98 Å². The highest BCUT2D eigenvalue weighted by molar-refractivity contribution is 7.09. The maximum absolute atomic E-state index is 13.1. The van der Waals surface area contributed by atoms with Crippen molar-refractivity contribution in [3.05, 3.63) is 75.5 Å². The first-order chi connectivity index (χ1) is 12.0. The van der Waals surface area contributed by atoms with Gasteiger partial charge in [0.05, 0.1) is 10.7 Å². The van der Waals surface area contributed by atoms with Crippen molar-refractivity contribution in [2.24, 2.45) is 0 Å². The molecular weight excluding hydrogens is 339 g/mol. The minimum Gasteiger partial charge on any atom is -0.487 e. The molecule has 4 nitrogen and oxygen atoms in total. The van der Waals surface area contributed by atoms with Gasteiger partial charge in [0, 0.05) is 16.6 Å². The Hall–Kier alpha value is -2.73. The highest BCUT2D eigenvalue weighted by Gasteiger charge is 2.09. The van der Waals surface area contributed by atoms with Crippen molar-refractivity contribution in [2.45, 2.75) is 20.5 Å². The van der Waals surface area contributed by atoms with E-state index < -0.39 is 0 Å². The summed E-state index contributed by atoms with van der Waals surface area (Å²) in [6.07, 6.45) is 0. The minimum atomic E-state index is -0.327. The molecule has 0 bridgehead atoms. The average molecular weight is 356 g/mol. The molecule has 128 valence electrons. The number of aryl methyl sites for hydroxylation is 2. The lowest BCUT2D eigenvalue weighted by molar-refractivity contribution is 0.102. The normalized spacial score (nSPS) is 10.5. The van der Waals surface area contributed by atoms with Gasteiger partial charge >= 0.3 is 0 Å². The van der Waals surface area contributed by atoms with Crippen molar-refractivity contribution in [1.29, 1.82) is 0 Å². The molecule has 0 aliphatic rings.